The van der Waals surface area contributed by atoms with E-state index in [4.69, 9.17) is 0 Å². The van der Waals surface area contributed by atoms with Crippen molar-refractivity contribution in [2.75, 3.05) is 0 Å². The van der Waals surface area contributed by atoms with Crippen molar-refractivity contribution < 1.29 is 0 Å². The molecule has 6 rings (SSSR count). The summed E-state index contributed by atoms with van der Waals surface area (Å²) in [6, 6.07) is 30.1. The van der Waals surface area contributed by atoms with Gasteiger partial charge in [-0.25, -0.2) is 0 Å². The topological polar surface area (TPSA) is 31.6 Å². The molecule has 0 atom stereocenters. The van der Waals surface area contributed by atoms with Gasteiger partial charge < -0.3 is 9.97 Å². The quantitative estimate of drug-likeness (QED) is 0.316. The second-order valence-electron chi connectivity index (χ2n) is 7.65. The Morgan fingerprint density at radius 2 is 1.34 bits per heavy atom. The van der Waals surface area contributed by atoms with Gasteiger partial charge in [0.25, 0.3) is 0 Å². The van der Waals surface area contributed by atoms with Crippen LogP contribution in [0.4, 0.5) is 0 Å². The molecular formula is C27H20N2. The molecule has 6 aromatic rings. The zero-order valence-electron chi connectivity index (χ0n) is 16.2. The van der Waals surface area contributed by atoms with E-state index in [0.29, 0.717) is 0 Å². The van der Waals surface area contributed by atoms with Gasteiger partial charge in [0.1, 0.15) is 0 Å². The van der Waals surface area contributed by atoms with Crippen molar-refractivity contribution in [3.8, 4) is 22.3 Å². The second-order valence-corrected chi connectivity index (χ2v) is 7.65. The van der Waals surface area contributed by atoms with Crippen LogP contribution in [0.2, 0.25) is 0 Å². The molecule has 2 heteroatoms. The van der Waals surface area contributed by atoms with E-state index in [2.05, 4.69) is 108 Å². The number of para-hydroxylation sites is 2. The number of H-pyrrole nitrogens is 2. The number of nitrogens with one attached hydrogen (secondary N) is 2. The largest absolute Gasteiger partial charge is 0.361 e. The smallest absolute Gasteiger partial charge is 0.0554 e. The van der Waals surface area contributed by atoms with Gasteiger partial charge in [-0.15, -0.1) is 0 Å². The molecule has 2 nitrogen and oxygen atoms in total. The molecule has 0 bridgehead atoms. The fraction of sp³-hybridized carbons (Fsp3) is 0.0370. The summed E-state index contributed by atoms with van der Waals surface area (Å²) >= 11 is 0. The van der Waals surface area contributed by atoms with Crippen LogP contribution in [-0.2, 0) is 0 Å². The van der Waals surface area contributed by atoms with Gasteiger partial charge >= 0.3 is 0 Å². The van der Waals surface area contributed by atoms with Crippen LogP contribution in [0.25, 0.3) is 55.0 Å². The first-order chi connectivity index (χ1) is 14.3. The lowest BCUT2D eigenvalue weighted by atomic mass is 9.91. The lowest BCUT2D eigenvalue weighted by Crippen LogP contribution is -1.89. The summed E-state index contributed by atoms with van der Waals surface area (Å²) in [6.07, 6.45) is 2.14. The van der Waals surface area contributed by atoms with Crippen LogP contribution < -0.4 is 0 Å². The number of aromatic amines is 2. The van der Waals surface area contributed by atoms with Gasteiger partial charge in [0.2, 0.25) is 0 Å². The first-order valence-electron chi connectivity index (χ1n) is 9.97. The molecule has 0 aliphatic rings. The molecule has 0 aliphatic carbocycles. The summed E-state index contributed by atoms with van der Waals surface area (Å²) in [5.41, 5.74) is 9.85. The molecule has 29 heavy (non-hydrogen) atoms. The van der Waals surface area contributed by atoms with Crippen LogP contribution in [0.5, 0.6) is 0 Å². The summed E-state index contributed by atoms with van der Waals surface area (Å²) < 4.78 is 0. The van der Waals surface area contributed by atoms with Gasteiger partial charge in [-0.05, 0) is 35.7 Å². The van der Waals surface area contributed by atoms with Crippen molar-refractivity contribution in [2.45, 2.75) is 6.92 Å². The molecule has 0 amide bonds. The maximum Gasteiger partial charge on any atom is 0.0554 e. The minimum atomic E-state index is 1.17. The predicted molar refractivity (Wildman–Crippen MR) is 123 cm³/mol. The number of rotatable bonds is 2. The number of benzene rings is 4. The van der Waals surface area contributed by atoms with Crippen molar-refractivity contribution >= 4 is 32.7 Å². The van der Waals surface area contributed by atoms with E-state index in [-0.39, 0.29) is 0 Å². The normalized spacial score (nSPS) is 11.6. The zero-order chi connectivity index (χ0) is 19.4. The summed E-state index contributed by atoms with van der Waals surface area (Å²) in [6.45, 7) is 2.22. The van der Waals surface area contributed by atoms with Gasteiger partial charge in [-0.2, -0.15) is 0 Å². The average Bonchev–Trinajstić information content (AvgIpc) is 3.36. The van der Waals surface area contributed by atoms with Crippen molar-refractivity contribution in [1.29, 1.82) is 0 Å². The Balaban J connectivity index is 1.79. The second kappa shape index (κ2) is 6.11. The number of aryl methyl sites for hydroxylation is 1. The van der Waals surface area contributed by atoms with Gasteiger partial charge in [0.15, 0.2) is 0 Å². The SMILES string of the molecule is Cc1cc(-c2ccccc2)c2c([nH]c3ccccc32)c1-c1c[nH]c2ccccc12. The van der Waals surface area contributed by atoms with Crippen LogP contribution in [0, 0.1) is 6.92 Å². The average molecular weight is 372 g/mol. The number of fused-ring (bicyclic) bond motifs is 4. The fourth-order valence-electron chi connectivity index (χ4n) is 4.64. The standard InChI is InChI=1S/C27H20N2/c1-17-15-21(18-9-3-2-4-10-18)26-20-12-6-8-14-24(20)29-27(26)25(17)22-16-28-23-13-7-5-11-19(22)23/h2-16,28-29H,1H3. The Morgan fingerprint density at radius 1 is 0.655 bits per heavy atom. The molecule has 0 unspecified atom stereocenters. The van der Waals surface area contributed by atoms with Crippen molar-refractivity contribution in [3.05, 3.63) is 96.7 Å². The summed E-state index contributed by atoms with van der Waals surface area (Å²) in [4.78, 5) is 7.18. The Hall–Kier alpha value is -3.78. The van der Waals surface area contributed by atoms with Crippen LogP contribution in [0.1, 0.15) is 5.56 Å². The Labute approximate surface area is 168 Å². The van der Waals surface area contributed by atoms with Gasteiger partial charge in [-0.3, -0.25) is 0 Å². The Kier molecular flexibility index (Phi) is 3.41. The maximum absolute atomic E-state index is 3.74. The van der Waals surface area contributed by atoms with E-state index in [0.717, 1.165) is 0 Å². The van der Waals surface area contributed by atoms with Crippen molar-refractivity contribution in [1.82, 2.24) is 9.97 Å². The third-order valence-corrected chi connectivity index (χ3v) is 5.92. The van der Waals surface area contributed by atoms with Crippen molar-refractivity contribution in [3.63, 3.8) is 0 Å². The highest BCUT2D eigenvalue weighted by molar-refractivity contribution is 6.20. The Bertz CT molecular complexity index is 1500. The fourth-order valence-corrected chi connectivity index (χ4v) is 4.64. The maximum atomic E-state index is 3.74. The lowest BCUT2D eigenvalue weighted by molar-refractivity contribution is 1.44. The third-order valence-electron chi connectivity index (χ3n) is 5.92. The predicted octanol–water partition coefficient (Wildman–Crippen LogP) is 7.44. The van der Waals surface area contributed by atoms with Crippen LogP contribution in [0.3, 0.4) is 0 Å². The highest BCUT2D eigenvalue weighted by Gasteiger charge is 2.19. The monoisotopic (exact) mass is 372 g/mol. The van der Waals surface area contributed by atoms with Crippen LogP contribution in [0.15, 0.2) is 91.1 Å². The number of aromatic nitrogens is 2. The first-order valence-corrected chi connectivity index (χ1v) is 9.97. The number of hydrogen-bond acceptors (Lipinski definition) is 0. The molecule has 2 N–H and O–H groups in total. The molecule has 0 saturated heterocycles. The van der Waals surface area contributed by atoms with E-state index in [1.807, 2.05) is 0 Å². The summed E-state index contributed by atoms with van der Waals surface area (Å²) in [7, 11) is 0. The minimum Gasteiger partial charge on any atom is -0.361 e. The molecule has 0 aliphatic heterocycles. The molecule has 0 saturated carbocycles. The molecule has 4 aromatic carbocycles. The minimum absolute atomic E-state index is 1.17. The molecule has 0 spiro atoms. The van der Waals surface area contributed by atoms with E-state index < -0.39 is 0 Å². The molecule has 2 aromatic heterocycles. The van der Waals surface area contributed by atoms with E-state index in [1.54, 1.807) is 0 Å². The molecule has 0 fully saturated rings. The van der Waals surface area contributed by atoms with Crippen LogP contribution in [-0.4, -0.2) is 9.97 Å². The third kappa shape index (κ3) is 2.36. The lowest BCUT2D eigenvalue weighted by Gasteiger charge is -2.12. The first kappa shape index (κ1) is 16.2. The van der Waals surface area contributed by atoms with E-state index >= 15 is 0 Å². The van der Waals surface area contributed by atoms with Gasteiger partial charge in [-0.1, -0.05) is 72.8 Å². The molecule has 2 heterocycles. The van der Waals surface area contributed by atoms with Crippen LogP contribution >= 0.6 is 0 Å². The Morgan fingerprint density at radius 3 is 2.17 bits per heavy atom. The molecule has 0 radical (unpaired) electrons. The van der Waals surface area contributed by atoms with E-state index in [9.17, 15) is 0 Å². The highest BCUT2D eigenvalue weighted by Crippen LogP contribution is 2.43. The zero-order valence-corrected chi connectivity index (χ0v) is 16.2. The van der Waals surface area contributed by atoms with E-state index in [1.165, 1.54) is 60.5 Å². The van der Waals surface area contributed by atoms with Crippen molar-refractivity contribution in [2.24, 2.45) is 0 Å². The highest BCUT2D eigenvalue weighted by atomic mass is 14.7. The molecule has 138 valence electrons. The van der Waals surface area contributed by atoms with Gasteiger partial charge in [0.05, 0.1) is 5.52 Å². The summed E-state index contributed by atoms with van der Waals surface area (Å²) in [5.74, 6) is 0. The molecular weight excluding hydrogens is 352 g/mol. The summed E-state index contributed by atoms with van der Waals surface area (Å²) in [5, 5.41) is 3.81. The van der Waals surface area contributed by atoms with Gasteiger partial charge in [0, 0.05) is 44.5 Å². The number of hydrogen-bond donors (Lipinski definition) is 2.